The summed E-state index contributed by atoms with van der Waals surface area (Å²) in [4.78, 5) is 103. The lowest BCUT2D eigenvalue weighted by molar-refractivity contribution is -0.146. The van der Waals surface area contributed by atoms with Gasteiger partial charge in [0, 0.05) is 31.6 Å². The van der Waals surface area contributed by atoms with E-state index in [4.69, 9.17) is 32.8 Å². The number of Topliss-reactive ketones (excluding diaryl/α,β-unsaturated/α-hetero) is 1. The van der Waals surface area contributed by atoms with Crippen molar-refractivity contribution in [2.75, 3.05) is 56.4 Å². The molecule has 8 rings (SSSR count). The lowest BCUT2D eigenvalue weighted by atomic mass is 9.91. The fourth-order valence-corrected chi connectivity index (χ4v) is 12.7. The number of carbonyl (C=O) groups is 7. The maximum Gasteiger partial charge on any atom is 0.416 e. The summed E-state index contributed by atoms with van der Waals surface area (Å²) >= 11 is 0. The maximum atomic E-state index is 15.1. The van der Waals surface area contributed by atoms with Gasteiger partial charge in [-0.25, -0.2) is 19.4 Å². The van der Waals surface area contributed by atoms with Gasteiger partial charge in [-0.3, -0.25) is 24.0 Å². The van der Waals surface area contributed by atoms with Crippen molar-refractivity contribution in [3.05, 3.63) is 114 Å². The summed E-state index contributed by atoms with van der Waals surface area (Å²) < 4.78 is 42.4. The second kappa shape index (κ2) is 27.3. The molecule has 0 bridgehead atoms. The third kappa shape index (κ3) is 14.7. The Kier molecular flexibility index (Phi) is 20.5. The Bertz CT molecular complexity index is 3130. The van der Waals surface area contributed by atoms with Crippen LogP contribution in [0.15, 0.2) is 86.0 Å². The monoisotopic (exact) mass is 1220 g/mol. The van der Waals surface area contributed by atoms with E-state index < -0.39 is 74.8 Å². The minimum atomic E-state index is -2.66. The summed E-state index contributed by atoms with van der Waals surface area (Å²) in [6.45, 7) is 30.1. The maximum absolute atomic E-state index is 15.1. The van der Waals surface area contributed by atoms with Crippen LogP contribution < -0.4 is 29.3 Å². The number of methoxy groups -OCH3 is 1. The first-order chi connectivity index (χ1) is 41.2. The largest absolute Gasteiger partial charge is 0.493 e. The number of ether oxygens (including phenoxy) is 6. The molecule has 0 aromatic heterocycles. The van der Waals surface area contributed by atoms with Crippen LogP contribution in [-0.4, -0.2) is 142 Å². The van der Waals surface area contributed by atoms with Crippen LogP contribution in [0.3, 0.4) is 0 Å². The van der Waals surface area contributed by atoms with Crippen LogP contribution in [0.4, 0.5) is 21.0 Å². The molecule has 5 aliphatic rings. The molecule has 1 spiro atoms. The van der Waals surface area contributed by atoms with Gasteiger partial charge in [-0.1, -0.05) is 96.3 Å². The SMILES string of the molecule is C=CCOC(=O)C[C@H](C(=O)N[C@@H](C)C(=O)Cc1ccc(COC(=O)N2c3cc(OCCCCCOc4cc5c(cc4OC)C(=O)N4CC(=C)C[C@H]4C(O)N5C(=O)OCC=C)c(C)cc3C(=O)N3CC4(CC4)C[C@H]3C2O[Si](C)(C)C(C)(C)C)cc1)C(C)C. The number of hydrogen-bond donors (Lipinski definition) is 2. The number of nitrogens with zero attached hydrogens (tertiary/aromatic N) is 4. The molecule has 3 fully saturated rings. The molecular formula is C66H87N5O15Si. The molecule has 5 amide bonds. The second-order valence-electron chi connectivity index (χ2n) is 25.6. The zero-order chi connectivity index (χ0) is 63.3. The summed E-state index contributed by atoms with van der Waals surface area (Å²) in [6, 6.07) is 11.7. The Morgan fingerprint density at radius 1 is 0.793 bits per heavy atom. The number of rotatable bonds is 25. The lowest BCUT2D eigenvalue weighted by Crippen LogP contribution is -2.58. The van der Waals surface area contributed by atoms with Crippen LogP contribution >= 0.6 is 0 Å². The number of amides is 5. The Labute approximate surface area is 512 Å². The van der Waals surface area contributed by atoms with Crippen molar-refractivity contribution in [1.29, 1.82) is 0 Å². The molecule has 4 aliphatic heterocycles. The summed E-state index contributed by atoms with van der Waals surface area (Å²) in [5.74, 6) is -1.58. The number of ketones is 1. The van der Waals surface area contributed by atoms with Crippen molar-refractivity contribution in [2.45, 2.75) is 162 Å². The molecule has 0 radical (unpaired) electrons. The standard InChI is InChI=1S/C66H87N5O15Si/c1-14-25-83-57(73)33-46(40(3)4)58(74)67-43(7)53(72)31-44-19-21-45(22-20-44)38-85-64(79)71-50-34-54(42(6)30-47(50)60(76)69-39-66(23-24-66)36-52(69)62(71)86-87(12,13)65(8,9)10)81-27-17-16-18-28-82-56-35-49-48(32-55(56)80-11)59(75)68-37-41(5)29-51(68)61(77)70(49)63(78)84-26-15-2/h14-15,19-22,30,32,34-35,40,43,46,51-52,61-62,77H,1-2,5,16-18,23-29,31,33,36-39H2,3-4,6-13H3,(H,67,74)/t43-,46-,51-,52-,61?,62?/m0/s1. The molecule has 6 atom stereocenters. The third-order valence-electron chi connectivity index (χ3n) is 17.8. The van der Waals surface area contributed by atoms with Crippen molar-refractivity contribution in [3.8, 4) is 17.2 Å². The molecule has 3 aromatic carbocycles. The van der Waals surface area contributed by atoms with Gasteiger partial charge in [-0.15, -0.1) is 0 Å². The number of aliphatic hydroxyl groups is 1. The summed E-state index contributed by atoms with van der Waals surface area (Å²) in [5, 5.41) is 14.1. The Hall–Kier alpha value is -7.49. The van der Waals surface area contributed by atoms with Crippen LogP contribution in [0, 0.1) is 24.2 Å². The van der Waals surface area contributed by atoms with Crippen LogP contribution in [0.2, 0.25) is 18.1 Å². The van der Waals surface area contributed by atoms with Gasteiger partial charge < -0.3 is 53.1 Å². The first-order valence-corrected chi connectivity index (χ1v) is 33.1. The van der Waals surface area contributed by atoms with Crippen molar-refractivity contribution >= 4 is 61.4 Å². The first-order valence-electron chi connectivity index (χ1n) is 30.2. The van der Waals surface area contributed by atoms with E-state index in [9.17, 15) is 33.9 Å². The fourth-order valence-electron chi connectivity index (χ4n) is 11.5. The quantitative estimate of drug-likeness (QED) is 0.0264. The Morgan fingerprint density at radius 2 is 1.39 bits per heavy atom. The predicted molar refractivity (Wildman–Crippen MR) is 330 cm³/mol. The molecule has 20 nitrogen and oxygen atoms in total. The number of aliphatic hydroxyl groups excluding tert-OH is 1. The highest BCUT2D eigenvalue weighted by Gasteiger charge is 2.60. The highest BCUT2D eigenvalue weighted by atomic mass is 28.4. The first kappa shape index (κ1) is 65.5. The molecule has 2 saturated heterocycles. The van der Waals surface area contributed by atoms with E-state index in [1.165, 1.54) is 41.2 Å². The van der Waals surface area contributed by atoms with E-state index in [1.807, 2.05) is 25.7 Å². The van der Waals surface area contributed by atoms with Crippen LogP contribution in [0.5, 0.6) is 17.2 Å². The number of aryl methyl sites for hydroxylation is 1. The van der Waals surface area contributed by atoms with Crippen LogP contribution in [0.25, 0.3) is 0 Å². The topological polar surface area (TPSA) is 229 Å². The summed E-state index contributed by atoms with van der Waals surface area (Å²) in [6.07, 6.45) is 3.70. The number of benzene rings is 3. The van der Waals surface area contributed by atoms with Gasteiger partial charge in [0.15, 0.2) is 38.1 Å². The average molecular weight is 1220 g/mol. The number of nitrogens with one attached hydrogen (secondary N) is 1. The average Bonchev–Trinajstić information content (AvgIpc) is 1.59. The zero-order valence-electron chi connectivity index (χ0n) is 52.2. The van der Waals surface area contributed by atoms with E-state index in [0.29, 0.717) is 72.3 Å². The van der Waals surface area contributed by atoms with Crippen molar-refractivity contribution in [2.24, 2.45) is 17.3 Å². The summed E-state index contributed by atoms with van der Waals surface area (Å²) in [5.41, 5.74) is 3.69. The number of unbranched alkanes of at least 4 members (excludes halogenated alkanes) is 2. The molecule has 3 aromatic rings. The molecule has 21 heteroatoms. The Balaban J connectivity index is 0.960. The van der Waals surface area contributed by atoms with Crippen LogP contribution in [-0.2, 0) is 46.0 Å². The van der Waals surface area contributed by atoms with Gasteiger partial charge in [-0.2, -0.15) is 0 Å². The van der Waals surface area contributed by atoms with Gasteiger partial charge in [-0.05, 0) is 117 Å². The summed E-state index contributed by atoms with van der Waals surface area (Å²) in [7, 11) is -1.20. The number of carbonyl (C=O) groups excluding carboxylic acids is 7. The van der Waals surface area contributed by atoms with E-state index >= 15 is 4.79 Å². The van der Waals surface area contributed by atoms with Crippen molar-refractivity contribution < 1.29 is 71.5 Å². The molecule has 2 N–H and O–H groups in total. The zero-order valence-corrected chi connectivity index (χ0v) is 53.2. The normalized spacial score (nSPS) is 20.1. The second-order valence-corrected chi connectivity index (χ2v) is 30.4. The van der Waals surface area contributed by atoms with E-state index in [2.05, 4.69) is 58.9 Å². The van der Waals surface area contributed by atoms with Gasteiger partial charge in [0.05, 0.1) is 73.3 Å². The van der Waals surface area contributed by atoms with Gasteiger partial charge >= 0.3 is 18.2 Å². The highest BCUT2D eigenvalue weighted by Crippen LogP contribution is 2.58. The van der Waals surface area contributed by atoms with Gasteiger partial charge in [0.25, 0.3) is 11.8 Å². The van der Waals surface area contributed by atoms with Crippen molar-refractivity contribution in [1.82, 2.24) is 15.1 Å². The van der Waals surface area contributed by atoms with Crippen LogP contribution in [0.1, 0.15) is 130 Å². The highest BCUT2D eigenvalue weighted by molar-refractivity contribution is 6.74. The lowest BCUT2D eigenvalue weighted by Gasteiger charge is -2.44. The Morgan fingerprint density at radius 3 is 2.02 bits per heavy atom. The number of esters is 1. The molecule has 1 saturated carbocycles. The molecule has 470 valence electrons. The smallest absolute Gasteiger partial charge is 0.416 e. The minimum Gasteiger partial charge on any atom is -0.493 e. The number of hydrogen-bond acceptors (Lipinski definition) is 15. The molecule has 4 heterocycles. The van der Waals surface area contributed by atoms with E-state index in [1.54, 1.807) is 43.3 Å². The molecule has 87 heavy (non-hydrogen) atoms. The van der Waals surface area contributed by atoms with Crippen molar-refractivity contribution in [3.63, 3.8) is 0 Å². The van der Waals surface area contributed by atoms with E-state index in [-0.39, 0.29) is 103 Å². The predicted octanol–water partition coefficient (Wildman–Crippen LogP) is 10.4. The number of anilines is 2. The van der Waals surface area contributed by atoms with Gasteiger partial charge in [0.1, 0.15) is 25.6 Å². The minimum absolute atomic E-state index is 0.0242. The van der Waals surface area contributed by atoms with E-state index in [0.717, 1.165) is 23.3 Å². The van der Waals surface area contributed by atoms with Gasteiger partial charge in [0.2, 0.25) is 5.91 Å². The third-order valence-corrected chi connectivity index (χ3v) is 22.2. The number of fused-ring (bicyclic) bond motifs is 4. The fraction of sp³-hybridized carbons (Fsp3) is 0.530. The molecule has 2 unspecified atom stereocenters. The molecule has 1 aliphatic carbocycles. The molecular weight excluding hydrogens is 1130 g/mol.